The maximum atomic E-state index is 11.7. The molecule has 2 aromatic rings. The minimum atomic E-state index is -3.63. The molecule has 1 aliphatic rings. The zero-order valence-electron chi connectivity index (χ0n) is 12.7. The van der Waals surface area contributed by atoms with Gasteiger partial charge in [0, 0.05) is 23.1 Å². The second-order valence-corrected chi connectivity index (χ2v) is 8.39. The number of carbonyl (C=O) groups is 1. The molecule has 0 saturated carbocycles. The predicted molar refractivity (Wildman–Crippen MR) is 92.7 cm³/mol. The molecule has 1 N–H and O–H groups in total. The number of rotatable bonds is 5. The Hall–Kier alpha value is -2.05. The lowest BCUT2D eigenvalue weighted by Crippen LogP contribution is -2.29. The number of fused-ring (bicyclic) bond motifs is 3. The van der Waals surface area contributed by atoms with E-state index in [0.29, 0.717) is 0 Å². The van der Waals surface area contributed by atoms with E-state index in [4.69, 9.17) is 15.4 Å². The molecular weight excluding hydrogens is 350 g/mol. The molecule has 0 radical (unpaired) electrons. The molecule has 1 aliphatic carbocycles. The standard InChI is InChI=1S/C17H16ClNO4S/c18-24(21,22)10-9-19-17(20)23-11-16-14-7-3-1-5-12(14)13-6-2-4-8-15(13)16/h1-8,16H,9-11H2,(H,19,20). The predicted octanol–water partition coefficient (Wildman–Crippen LogP) is 3.09. The van der Waals surface area contributed by atoms with Crippen LogP contribution in [0.3, 0.4) is 0 Å². The van der Waals surface area contributed by atoms with Gasteiger partial charge in [-0.2, -0.15) is 0 Å². The number of alkyl carbamates (subject to hydrolysis) is 1. The first-order valence-corrected chi connectivity index (χ1v) is 9.95. The Bertz CT molecular complexity index is 821. The Morgan fingerprint density at radius 3 is 2.12 bits per heavy atom. The molecule has 126 valence electrons. The number of ether oxygens (including phenoxy) is 1. The third-order valence-electron chi connectivity index (χ3n) is 3.96. The van der Waals surface area contributed by atoms with Crippen LogP contribution in [0.15, 0.2) is 48.5 Å². The van der Waals surface area contributed by atoms with Crippen molar-refractivity contribution in [1.29, 1.82) is 0 Å². The second kappa shape index (κ2) is 6.83. The van der Waals surface area contributed by atoms with Gasteiger partial charge in [-0.05, 0) is 22.3 Å². The van der Waals surface area contributed by atoms with Crippen molar-refractivity contribution in [2.45, 2.75) is 5.92 Å². The summed E-state index contributed by atoms with van der Waals surface area (Å²) in [6.45, 7) is 0.107. The van der Waals surface area contributed by atoms with Gasteiger partial charge in [0.25, 0.3) is 0 Å². The summed E-state index contributed by atoms with van der Waals surface area (Å²) >= 11 is 0. The third-order valence-corrected chi connectivity index (χ3v) is 5.11. The Labute approximate surface area is 145 Å². The van der Waals surface area contributed by atoms with E-state index in [-0.39, 0.29) is 24.8 Å². The number of hydrogen-bond acceptors (Lipinski definition) is 4. The average Bonchev–Trinajstić information content (AvgIpc) is 2.86. The van der Waals surface area contributed by atoms with Crippen LogP contribution in [0.1, 0.15) is 17.0 Å². The Balaban J connectivity index is 1.66. The summed E-state index contributed by atoms with van der Waals surface area (Å²) in [5, 5.41) is 2.39. The highest BCUT2D eigenvalue weighted by Gasteiger charge is 2.28. The van der Waals surface area contributed by atoms with Gasteiger partial charge < -0.3 is 10.1 Å². The first-order valence-electron chi connectivity index (χ1n) is 7.47. The fourth-order valence-electron chi connectivity index (χ4n) is 2.92. The van der Waals surface area contributed by atoms with Gasteiger partial charge in [-0.15, -0.1) is 0 Å². The highest BCUT2D eigenvalue weighted by atomic mass is 35.7. The SMILES string of the molecule is O=C(NCCS(=O)(=O)Cl)OCC1c2ccccc2-c2ccccc21. The maximum absolute atomic E-state index is 11.7. The van der Waals surface area contributed by atoms with E-state index in [1.165, 1.54) is 0 Å². The number of carbonyl (C=O) groups excluding carboxylic acids is 1. The van der Waals surface area contributed by atoms with Crippen LogP contribution in [0, 0.1) is 0 Å². The van der Waals surface area contributed by atoms with Crippen molar-refractivity contribution < 1.29 is 17.9 Å². The minimum Gasteiger partial charge on any atom is -0.449 e. The van der Waals surface area contributed by atoms with Gasteiger partial charge >= 0.3 is 6.09 Å². The topological polar surface area (TPSA) is 72.5 Å². The quantitative estimate of drug-likeness (QED) is 0.826. The molecule has 24 heavy (non-hydrogen) atoms. The van der Waals surface area contributed by atoms with Crippen LogP contribution in [0.25, 0.3) is 11.1 Å². The molecule has 0 aromatic heterocycles. The van der Waals surface area contributed by atoms with Crippen molar-refractivity contribution in [3.8, 4) is 11.1 Å². The Kier molecular flexibility index (Phi) is 4.78. The van der Waals surface area contributed by atoms with Crippen molar-refractivity contribution in [2.75, 3.05) is 18.9 Å². The van der Waals surface area contributed by atoms with E-state index in [1.807, 2.05) is 36.4 Å². The lowest BCUT2D eigenvalue weighted by atomic mass is 9.98. The van der Waals surface area contributed by atoms with E-state index in [2.05, 4.69) is 17.4 Å². The minimum absolute atomic E-state index is 0.0279. The maximum Gasteiger partial charge on any atom is 0.407 e. The van der Waals surface area contributed by atoms with Gasteiger partial charge in [0.15, 0.2) is 0 Å². The van der Waals surface area contributed by atoms with E-state index < -0.39 is 15.1 Å². The fraction of sp³-hybridized carbons (Fsp3) is 0.235. The molecule has 2 aromatic carbocycles. The number of amides is 1. The van der Waals surface area contributed by atoms with Crippen LogP contribution >= 0.6 is 10.7 Å². The molecule has 0 saturated heterocycles. The van der Waals surface area contributed by atoms with Crippen LogP contribution in [0.5, 0.6) is 0 Å². The Morgan fingerprint density at radius 2 is 1.58 bits per heavy atom. The van der Waals surface area contributed by atoms with E-state index in [0.717, 1.165) is 22.3 Å². The second-order valence-electron chi connectivity index (χ2n) is 5.50. The van der Waals surface area contributed by atoms with Crippen molar-refractivity contribution in [2.24, 2.45) is 0 Å². The van der Waals surface area contributed by atoms with E-state index in [9.17, 15) is 13.2 Å². The molecular formula is C17H16ClNO4S. The highest BCUT2D eigenvalue weighted by Crippen LogP contribution is 2.44. The molecule has 0 spiro atoms. The highest BCUT2D eigenvalue weighted by molar-refractivity contribution is 8.13. The zero-order chi connectivity index (χ0) is 17.2. The smallest absolute Gasteiger partial charge is 0.407 e. The first-order chi connectivity index (χ1) is 11.5. The van der Waals surface area contributed by atoms with Gasteiger partial charge in [0.2, 0.25) is 9.05 Å². The Morgan fingerprint density at radius 1 is 1.04 bits per heavy atom. The van der Waals surface area contributed by atoms with Gasteiger partial charge in [-0.1, -0.05) is 48.5 Å². The normalized spacial score (nSPS) is 13.2. The summed E-state index contributed by atoms with van der Waals surface area (Å²) in [7, 11) is 1.46. The largest absolute Gasteiger partial charge is 0.449 e. The summed E-state index contributed by atoms with van der Waals surface area (Å²) in [6, 6.07) is 16.1. The van der Waals surface area contributed by atoms with Crippen molar-refractivity contribution in [3.05, 3.63) is 59.7 Å². The fourth-order valence-corrected chi connectivity index (χ4v) is 3.50. The molecule has 0 fully saturated rings. The summed E-state index contributed by atoms with van der Waals surface area (Å²) in [6.07, 6.45) is -0.655. The van der Waals surface area contributed by atoms with Gasteiger partial charge in [-0.3, -0.25) is 0 Å². The molecule has 7 heteroatoms. The lowest BCUT2D eigenvalue weighted by molar-refractivity contribution is 0.143. The molecule has 0 aliphatic heterocycles. The molecule has 1 amide bonds. The van der Waals surface area contributed by atoms with Crippen molar-refractivity contribution in [3.63, 3.8) is 0 Å². The van der Waals surface area contributed by atoms with Crippen molar-refractivity contribution in [1.82, 2.24) is 5.32 Å². The zero-order valence-corrected chi connectivity index (χ0v) is 14.3. The molecule has 3 rings (SSSR count). The van der Waals surface area contributed by atoms with Gasteiger partial charge in [-0.25, -0.2) is 13.2 Å². The van der Waals surface area contributed by atoms with Crippen LogP contribution in [0.4, 0.5) is 4.79 Å². The average molecular weight is 366 g/mol. The number of hydrogen-bond donors (Lipinski definition) is 1. The third kappa shape index (κ3) is 3.71. The van der Waals surface area contributed by atoms with E-state index >= 15 is 0 Å². The number of halogens is 1. The molecule has 0 bridgehead atoms. The van der Waals surface area contributed by atoms with Crippen LogP contribution < -0.4 is 5.32 Å². The number of nitrogens with one attached hydrogen (secondary N) is 1. The van der Waals surface area contributed by atoms with E-state index in [1.54, 1.807) is 0 Å². The summed E-state index contributed by atoms with van der Waals surface area (Å²) in [4.78, 5) is 11.7. The molecule has 0 unspecified atom stereocenters. The van der Waals surface area contributed by atoms with Crippen molar-refractivity contribution >= 4 is 25.8 Å². The summed E-state index contributed by atoms with van der Waals surface area (Å²) in [5.74, 6) is -0.362. The monoisotopic (exact) mass is 365 g/mol. The van der Waals surface area contributed by atoms with Crippen LogP contribution in [-0.4, -0.2) is 33.4 Å². The molecule has 0 heterocycles. The van der Waals surface area contributed by atoms with Gasteiger partial charge in [0.05, 0.1) is 5.75 Å². The number of benzene rings is 2. The van der Waals surface area contributed by atoms with Crippen LogP contribution in [-0.2, 0) is 13.8 Å². The molecule has 5 nitrogen and oxygen atoms in total. The lowest BCUT2D eigenvalue weighted by Gasteiger charge is -2.14. The molecule has 0 atom stereocenters. The summed E-state index contributed by atoms with van der Waals surface area (Å²) < 4.78 is 26.9. The first kappa shape index (κ1) is 16.8. The van der Waals surface area contributed by atoms with Crippen LogP contribution in [0.2, 0.25) is 0 Å². The summed E-state index contributed by atoms with van der Waals surface area (Å²) in [5.41, 5.74) is 4.54. The van der Waals surface area contributed by atoms with Gasteiger partial charge in [0.1, 0.15) is 6.61 Å².